The van der Waals surface area contributed by atoms with Gasteiger partial charge in [-0.15, -0.1) is 0 Å². The van der Waals surface area contributed by atoms with E-state index in [9.17, 15) is 0 Å². The molecule has 0 fully saturated rings. The van der Waals surface area contributed by atoms with Gasteiger partial charge in [0, 0.05) is 9.24 Å². The van der Waals surface area contributed by atoms with E-state index in [-0.39, 0.29) is 0 Å². The molecule has 1 atom stereocenters. The first-order valence-electron chi connectivity index (χ1n) is 2.68. The van der Waals surface area contributed by atoms with Crippen molar-refractivity contribution in [3.8, 4) is 0 Å². The average Bonchev–Trinajstić information content (AvgIpc) is 1.77. The molecule has 0 N–H and O–H groups in total. The summed E-state index contributed by atoms with van der Waals surface area (Å²) in [5, 5.41) is 1.40. The van der Waals surface area contributed by atoms with Crippen LogP contribution in [0.4, 0.5) is 0 Å². The van der Waals surface area contributed by atoms with Gasteiger partial charge in [0.2, 0.25) is 0 Å². The Balaban J connectivity index is 3.13. The Morgan fingerprint density at radius 3 is 2.25 bits per heavy atom. The third-order valence-corrected chi connectivity index (χ3v) is 2.05. The highest BCUT2D eigenvalue weighted by atomic mass is 31.0. The first-order valence-corrected chi connectivity index (χ1v) is 3.39. The first-order chi connectivity index (χ1) is 3.80. The summed E-state index contributed by atoms with van der Waals surface area (Å²) in [6.07, 6.45) is 0. The maximum atomic E-state index is 2.13. The van der Waals surface area contributed by atoms with Gasteiger partial charge in [-0.2, -0.15) is 0 Å². The molecule has 0 heterocycles. The van der Waals surface area contributed by atoms with E-state index in [4.69, 9.17) is 0 Å². The molecule has 8 heavy (non-hydrogen) atoms. The summed E-state index contributed by atoms with van der Waals surface area (Å²) in [6.45, 7) is 2.13. The molecule has 0 aromatic heterocycles. The van der Waals surface area contributed by atoms with E-state index < -0.39 is 0 Å². The third kappa shape index (κ3) is 1.08. The van der Waals surface area contributed by atoms with Crippen molar-refractivity contribution in [3.05, 3.63) is 29.8 Å². The molecule has 0 amide bonds. The standard InChI is InChI=1S/C7H9P/c1-6-4-2-3-5-7(6)8/h2-5H,8H2,1H3/p+1. The fourth-order valence-corrected chi connectivity index (χ4v) is 0.864. The molecule has 1 rings (SSSR count). The Bertz CT molecular complexity index is 160. The molecule has 42 valence electrons. The highest BCUT2D eigenvalue weighted by Crippen LogP contribution is 1.96. The van der Waals surface area contributed by atoms with Crippen molar-refractivity contribution in [1.29, 1.82) is 0 Å². The van der Waals surface area contributed by atoms with Gasteiger partial charge in [-0.3, -0.25) is 0 Å². The molecule has 1 aromatic carbocycles. The molecule has 0 nitrogen and oxygen atoms in total. The molecular formula is C7H10P+. The van der Waals surface area contributed by atoms with Crippen LogP contribution in [0.5, 0.6) is 0 Å². The van der Waals surface area contributed by atoms with Crippen molar-refractivity contribution in [3.63, 3.8) is 0 Å². The molecular weight excluding hydrogens is 115 g/mol. The highest BCUT2D eigenvalue weighted by Gasteiger charge is 1.89. The second-order valence-corrected chi connectivity index (χ2v) is 2.69. The Hall–Kier alpha value is -0.350. The Morgan fingerprint density at radius 1 is 1.25 bits per heavy atom. The van der Waals surface area contributed by atoms with Crippen LogP contribution in [0.3, 0.4) is 0 Å². The molecule has 1 heteroatoms. The van der Waals surface area contributed by atoms with Crippen LogP contribution in [0.15, 0.2) is 24.3 Å². The van der Waals surface area contributed by atoms with Crippen LogP contribution in [0.25, 0.3) is 0 Å². The maximum Gasteiger partial charge on any atom is 0.0893 e. The maximum absolute atomic E-state index is 2.13. The van der Waals surface area contributed by atoms with Gasteiger partial charge in [0.15, 0.2) is 0 Å². The lowest BCUT2D eigenvalue weighted by Gasteiger charge is -1.88. The molecule has 0 saturated carbocycles. The van der Waals surface area contributed by atoms with Crippen LogP contribution in [0.1, 0.15) is 5.56 Å². The van der Waals surface area contributed by atoms with E-state index in [0.29, 0.717) is 0 Å². The molecule has 0 aliphatic carbocycles. The quantitative estimate of drug-likeness (QED) is 0.457. The van der Waals surface area contributed by atoms with E-state index in [0.717, 1.165) is 0 Å². The van der Waals surface area contributed by atoms with Crippen LogP contribution in [-0.4, -0.2) is 0 Å². The van der Waals surface area contributed by atoms with E-state index in [1.807, 2.05) is 9.24 Å². The predicted molar refractivity (Wildman–Crippen MR) is 41.9 cm³/mol. The van der Waals surface area contributed by atoms with Gasteiger partial charge in [0.1, 0.15) is 0 Å². The first kappa shape index (κ1) is 5.78. The van der Waals surface area contributed by atoms with Crippen molar-refractivity contribution in [2.45, 2.75) is 6.92 Å². The monoisotopic (exact) mass is 125 g/mol. The normalized spacial score (nSPS) is 9.62. The van der Waals surface area contributed by atoms with Crippen LogP contribution in [0.2, 0.25) is 0 Å². The van der Waals surface area contributed by atoms with Gasteiger partial charge in [-0.1, -0.05) is 18.2 Å². The lowest BCUT2D eigenvalue weighted by atomic mass is 10.2. The van der Waals surface area contributed by atoms with E-state index in [1.54, 1.807) is 0 Å². The summed E-state index contributed by atoms with van der Waals surface area (Å²) in [7, 11) is 1.93. The van der Waals surface area contributed by atoms with Crippen LogP contribution < -0.4 is 5.30 Å². The molecule has 0 radical (unpaired) electrons. The highest BCUT2D eigenvalue weighted by molar-refractivity contribution is 7.27. The molecule has 1 aromatic rings. The lowest BCUT2D eigenvalue weighted by molar-refractivity contribution is 1.52. The van der Waals surface area contributed by atoms with Gasteiger partial charge in [0.25, 0.3) is 0 Å². The Kier molecular flexibility index (Phi) is 1.65. The van der Waals surface area contributed by atoms with Crippen LogP contribution >= 0.6 is 9.24 Å². The summed E-state index contributed by atoms with van der Waals surface area (Å²) in [5.41, 5.74) is 1.38. The van der Waals surface area contributed by atoms with Gasteiger partial charge in [0.05, 0.1) is 5.30 Å². The second kappa shape index (κ2) is 2.28. The molecule has 0 aliphatic heterocycles. The minimum atomic E-state index is 1.38. The molecule has 0 saturated heterocycles. The topological polar surface area (TPSA) is 0 Å². The van der Waals surface area contributed by atoms with Crippen molar-refractivity contribution in [2.75, 3.05) is 0 Å². The molecule has 0 bridgehead atoms. The fraction of sp³-hybridized carbons (Fsp3) is 0.143. The average molecular weight is 125 g/mol. The Labute approximate surface area is 52.1 Å². The van der Waals surface area contributed by atoms with Crippen molar-refractivity contribution in [1.82, 2.24) is 0 Å². The zero-order chi connectivity index (χ0) is 5.98. The van der Waals surface area contributed by atoms with Gasteiger partial charge >= 0.3 is 0 Å². The van der Waals surface area contributed by atoms with Gasteiger partial charge < -0.3 is 0 Å². The molecule has 0 aliphatic rings. The summed E-state index contributed by atoms with van der Waals surface area (Å²) in [4.78, 5) is 0. The number of aryl methyl sites for hydroxylation is 1. The largest absolute Gasteiger partial charge is 0.0893 e. The molecule has 0 spiro atoms. The van der Waals surface area contributed by atoms with Crippen molar-refractivity contribution >= 4 is 14.5 Å². The SMILES string of the molecule is Cc1ccccc1[PH3+]. The lowest BCUT2D eigenvalue weighted by Crippen LogP contribution is -1.92. The number of hydrogen-bond donors (Lipinski definition) is 0. The van der Waals surface area contributed by atoms with Crippen LogP contribution in [-0.2, 0) is 0 Å². The van der Waals surface area contributed by atoms with Gasteiger partial charge in [-0.05, 0) is 18.6 Å². The smallest absolute Gasteiger partial charge is 0.0617 e. The minimum Gasteiger partial charge on any atom is -0.0617 e. The third-order valence-electron chi connectivity index (χ3n) is 1.26. The van der Waals surface area contributed by atoms with E-state index >= 15 is 0 Å². The van der Waals surface area contributed by atoms with Crippen LogP contribution in [0, 0.1) is 6.92 Å². The summed E-state index contributed by atoms with van der Waals surface area (Å²) < 4.78 is 0. The van der Waals surface area contributed by atoms with Gasteiger partial charge in [-0.25, -0.2) is 0 Å². The predicted octanol–water partition coefficient (Wildman–Crippen LogP) is 1.23. The summed E-state index contributed by atoms with van der Waals surface area (Å²) in [5.74, 6) is 0. The Morgan fingerprint density at radius 2 is 1.88 bits per heavy atom. The van der Waals surface area contributed by atoms with Crippen molar-refractivity contribution < 1.29 is 0 Å². The second-order valence-electron chi connectivity index (χ2n) is 1.93. The summed E-state index contributed by atoms with van der Waals surface area (Å²) in [6, 6.07) is 8.39. The van der Waals surface area contributed by atoms with E-state index in [1.165, 1.54) is 10.9 Å². The zero-order valence-electron chi connectivity index (χ0n) is 5.02. The minimum absolute atomic E-state index is 1.38. The van der Waals surface area contributed by atoms with E-state index in [2.05, 4.69) is 31.2 Å². The number of benzene rings is 1. The number of hydrogen-bond acceptors (Lipinski definition) is 0. The number of rotatable bonds is 0. The zero-order valence-corrected chi connectivity index (χ0v) is 6.43. The summed E-state index contributed by atoms with van der Waals surface area (Å²) >= 11 is 0. The fourth-order valence-electron chi connectivity index (χ4n) is 0.610. The molecule has 1 unspecified atom stereocenters. The van der Waals surface area contributed by atoms with Crippen molar-refractivity contribution in [2.24, 2.45) is 0 Å².